The number of benzene rings is 1. The van der Waals surface area contributed by atoms with Crippen molar-refractivity contribution in [1.29, 1.82) is 0 Å². The number of aromatic nitrogens is 4. The van der Waals surface area contributed by atoms with Crippen molar-refractivity contribution in [3.05, 3.63) is 58.8 Å². The highest BCUT2D eigenvalue weighted by atomic mass is 16.2. The summed E-state index contributed by atoms with van der Waals surface area (Å²) < 4.78 is 1.45. The molecule has 0 atom stereocenters. The molecule has 4 rings (SSSR count). The summed E-state index contributed by atoms with van der Waals surface area (Å²) in [5.74, 6) is -0.233. The van der Waals surface area contributed by atoms with Gasteiger partial charge in [0.1, 0.15) is 6.54 Å². The summed E-state index contributed by atoms with van der Waals surface area (Å²) in [4.78, 5) is 28.7. The number of carbonyl (C=O) groups is 2. The van der Waals surface area contributed by atoms with Gasteiger partial charge in [-0.2, -0.15) is 4.52 Å². The van der Waals surface area contributed by atoms with E-state index in [9.17, 15) is 9.59 Å². The predicted molar refractivity (Wildman–Crippen MR) is 98.0 cm³/mol. The fraction of sp³-hybridized carbons (Fsp3) is 0.316. The molecule has 1 aliphatic rings. The summed E-state index contributed by atoms with van der Waals surface area (Å²) in [6.07, 6.45) is 1.59. The lowest BCUT2D eigenvalue weighted by Gasteiger charge is -2.34. The van der Waals surface area contributed by atoms with Crippen molar-refractivity contribution >= 4 is 17.5 Å². The van der Waals surface area contributed by atoms with Crippen LogP contribution in [-0.4, -0.2) is 61.3 Å². The Morgan fingerprint density at radius 2 is 1.96 bits per heavy atom. The largest absolute Gasteiger partial charge is 0.335 e. The third-order valence-electron chi connectivity index (χ3n) is 4.99. The van der Waals surface area contributed by atoms with Crippen molar-refractivity contribution in [2.24, 2.45) is 0 Å². The standard InChI is InChI=1S/C19H20N6O2/c1-13-3-4-15(9-14(13)2)10-23-7-8-24(12-18(23)26)19(27)16-5-6-17-20-21-22-25(17)11-16/h3-6,9,11H,7-8,10,12H2,1-2H3. The van der Waals surface area contributed by atoms with Gasteiger partial charge in [0.25, 0.3) is 5.91 Å². The number of rotatable bonds is 3. The first-order valence-electron chi connectivity index (χ1n) is 8.82. The zero-order valence-corrected chi connectivity index (χ0v) is 15.3. The molecule has 0 aliphatic carbocycles. The highest BCUT2D eigenvalue weighted by molar-refractivity contribution is 5.97. The van der Waals surface area contributed by atoms with Crippen LogP contribution >= 0.6 is 0 Å². The van der Waals surface area contributed by atoms with Gasteiger partial charge in [0, 0.05) is 25.8 Å². The molecule has 0 N–H and O–H groups in total. The first kappa shape index (κ1) is 17.1. The van der Waals surface area contributed by atoms with Crippen LogP contribution in [-0.2, 0) is 11.3 Å². The van der Waals surface area contributed by atoms with E-state index in [1.807, 2.05) is 0 Å². The van der Waals surface area contributed by atoms with Gasteiger partial charge in [-0.1, -0.05) is 18.2 Å². The van der Waals surface area contributed by atoms with E-state index < -0.39 is 0 Å². The fourth-order valence-electron chi connectivity index (χ4n) is 3.22. The summed E-state index contributed by atoms with van der Waals surface area (Å²) in [6.45, 7) is 5.81. The second-order valence-corrected chi connectivity index (χ2v) is 6.86. The van der Waals surface area contributed by atoms with Crippen LogP contribution in [0.2, 0.25) is 0 Å². The quantitative estimate of drug-likeness (QED) is 0.698. The van der Waals surface area contributed by atoms with E-state index in [0.29, 0.717) is 30.8 Å². The number of pyridine rings is 1. The molecule has 1 aromatic carbocycles. The molecule has 138 valence electrons. The number of aryl methyl sites for hydroxylation is 2. The summed E-state index contributed by atoms with van der Waals surface area (Å²) in [5, 5.41) is 11.2. The second kappa shape index (κ2) is 6.79. The maximum absolute atomic E-state index is 12.7. The smallest absolute Gasteiger partial charge is 0.255 e. The van der Waals surface area contributed by atoms with Gasteiger partial charge in [-0.05, 0) is 53.1 Å². The fourth-order valence-corrected chi connectivity index (χ4v) is 3.22. The molecule has 0 saturated carbocycles. The lowest BCUT2D eigenvalue weighted by atomic mass is 10.1. The number of hydrogen-bond donors (Lipinski definition) is 0. The molecule has 0 spiro atoms. The Morgan fingerprint density at radius 3 is 2.74 bits per heavy atom. The molecule has 0 unspecified atom stereocenters. The van der Waals surface area contributed by atoms with Gasteiger partial charge in [-0.3, -0.25) is 9.59 Å². The van der Waals surface area contributed by atoms with Crippen molar-refractivity contribution in [1.82, 2.24) is 29.8 Å². The van der Waals surface area contributed by atoms with E-state index >= 15 is 0 Å². The van der Waals surface area contributed by atoms with Crippen LogP contribution < -0.4 is 0 Å². The van der Waals surface area contributed by atoms with Crippen LogP contribution in [0.3, 0.4) is 0 Å². The summed E-state index contributed by atoms with van der Waals surface area (Å²) in [5.41, 5.74) is 4.59. The van der Waals surface area contributed by atoms with Gasteiger partial charge in [0.2, 0.25) is 5.91 Å². The zero-order valence-electron chi connectivity index (χ0n) is 15.3. The Bertz CT molecular complexity index is 1030. The molecule has 0 bridgehead atoms. The Labute approximate surface area is 156 Å². The molecule has 2 amide bonds. The summed E-state index contributed by atoms with van der Waals surface area (Å²) in [7, 11) is 0. The number of fused-ring (bicyclic) bond motifs is 1. The van der Waals surface area contributed by atoms with E-state index in [0.717, 1.165) is 5.56 Å². The summed E-state index contributed by atoms with van der Waals surface area (Å²) in [6, 6.07) is 9.60. The van der Waals surface area contributed by atoms with E-state index in [4.69, 9.17) is 0 Å². The van der Waals surface area contributed by atoms with Gasteiger partial charge in [-0.15, -0.1) is 5.10 Å². The number of nitrogens with zero attached hydrogens (tertiary/aromatic N) is 6. The molecule has 8 heteroatoms. The van der Waals surface area contributed by atoms with Crippen LogP contribution in [0.1, 0.15) is 27.0 Å². The third-order valence-corrected chi connectivity index (χ3v) is 4.99. The van der Waals surface area contributed by atoms with E-state index in [1.54, 1.807) is 28.1 Å². The zero-order chi connectivity index (χ0) is 19.0. The Kier molecular flexibility index (Phi) is 4.31. The van der Waals surface area contributed by atoms with Gasteiger partial charge in [-0.25, -0.2) is 0 Å². The van der Waals surface area contributed by atoms with E-state index in [1.165, 1.54) is 15.6 Å². The minimum absolute atomic E-state index is 0.0451. The molecule has 1 saturated heterocycles. The van der Waals surface area contributed by atoms with Crippen LogP contribution in [0.25, 0.3) is 5.65 Å². The van der Waals surface area contributed by atoms with Crippen molar-refractivity contribution in [2.75, 3.05) is 19.6 Å². The number of piperazine rings is 1. The van der Waals surface area contributed by atoms with Gasteiger partial charge >= 0.3 is 0 Å². The van der Waals surface area contributed by atoms with E-state index in [-0.39, 0.29) is 18.4 Å². The number of carbonyl (C=O) groups excluding carboxylic acids is 2. The van der Waals surface area contributed by atoms with Crippen molar-refractivity contribution < 1.29 is 9.59 Å². The minimum atomic E-state index is -0.188. The Morgan fingerprint density at radius 1 is 1.11 bits per heavy atom. The predicted octanol–water partition coefficient (Wildman–Crippen LogP) is 1.23. The topological polar surface area (TPSA) is 83.7 Å². The normalized spacial score (nSPS) is 14.8. The SMILES string of the molecule is Cc1ccc(CN2CCN(C(=O)c3ccc4nnnn4c3)CC2=O)cc1C. The molecule has 1 aliphatic heterocycles. The molecular formula is C19H20N6O2. The molecule has 27 heavy (non-hydrogen) atoms. The van der Waals surface area contributed by atoms with Crippen LogP contribution in [0.5, 0.6) is 0 Å². The highest BCUT2D eigenvalue weighted by Gasteiger charge is 2.28. The second-order valence-electron chi connectivity index (χ2n) is 6.86. The first-order chi connectivity index (χ1) is 13.0. The maximum Gasteiger partial charge on any atom is 0.255 e. The lowest BCUT2D eigenvalue weighted by Crippen LogP contribution is -2.51. The third kappa shape index (κ3) is 3.38. The molecule has 0 radical (unpaired) electrons. The van der Waals surface area contributed by atoms with Crippen molar-refractivity contribution in [3.8, 4) is 0 Å². The highest BCUT2D eigenvalue weighted by Crippen LogP contribution is 2.15. The minimum Gasteiger partial charge on any atom is -0.335 e. The van der Waals surface area contributed by atoms with Crippen molar-refractivity contribution in [3.63, 3.8) is 0 Å². The molecule has 3 aromatic rings. The molecule has 1 fully saturated rings. The number of amides is 2. The monoisotopic (exact) mass is 364 g/mol. The Balaban J connectivity index is 1.43. The van der Waals surface area contributed by atoms with Crippen molar-refractivity contribution in [2.45, 2.75) is 20.4 Å². The molecule has 3 heterocycles. The maximum atomic E-state index is 12.7. The lowest BCUT2D eigenvalue weighted by molar-refractivity contribution is -0.135. The first-order valence-corrected chi connectivity index (χ1v) is 8.82. The average molecular weight is 364 g/mol. The van der Waals surface area contributed by atoms with Crippen LogP contribution in [0.4, 0.5) is 0 Å². The molecule has 2 aromatic heterocycles. The Hall–Kier alpha value is -3.29. The van der Waals surface area contributed by atoms with Crippen LogP contribution in [0, 0.1) is 13.8 Å². The van der Waals surface area contributed by atoms with Gasteiger partial charge in [0.05, 0.1) is 5.56 Å². The molecular weight excluding hydrogens is 344 g/mol. The average Bonchev–Trinajstić information content (AvgIpc) is 3.13. The summed E-state index contributed by atoms with van der Waals surface area (Å²) >= 11 is 0. The van der Waals surface area contributed by atoms with Crippen LogP contribution in [0.15, 0.2) is 36.5 Å². The van der Waals surface area contributed by atoms with Gasteiger partial charge < -0.3 is 9.80 Å². The van der Waals surface area contributed by atoms with E-state index in [2.05, 4.69) is 47.6 Å². The number of tetrazole rings is 1. The number of hydrogen-bond acceptors (Lipinski definition) is 5. The van der Waals surface area contributed by atoms with Gasteiger partial charge in [0.15, 0.2) is 5.65 Å². The molecule has 8 nitrogen and oxygen atoms in total.